The van der Waals surface area contributed by atoms with Crippen molar-refractivity contribution >= 4 is 0 Å². The predicted octanol–water partition coefficient (Wildman–Crippen LogP) is 4.32. The van der Waals surface area contributed by atoms with Crippen molar-refractivity contribution in [3.05, 3.63) is 57.0 Å². The summed E-state index contributed by atoms with van der Waals surface area (Å²) < 4.78 is 93.6. The van der Waals surface area contributed by atoms with Gasteiger partial charge in [0.15, 0.2) is 17.2 Å². The van der Waals surface area contributed by atoms with Crippen LogP contribution in [0.25, 0.3) is 0 Å². The van der Waals surface area contributed by atoms with Crippen molar-refractivity contribution in [3.63, 3.8) is 0 Å². The largest absolute Gasteiger partial charge is 0.493 e. The van der Waals surface area contributed by atoms with Crippen molar-refractivity contribution in [2.45, 2.75) is 44.6 Å². The van der Waals surface area contributed by atoms with E-state index in [2.05, 4.69) is 9.97 Å². The molecular weight excluding hydrogens is 418 g/mol. The molecule has 1 aliphatic rings. The molecule has 11 heteroatoms. The van der Waals surface area contributed by atoms with Crippen LogP contribution in [0.1, 0.15) is 43.0 Å². The van der Waals surface area contributed by atoms with Crippen LogP contribution in [0.4, 0.5) is 26.3 Å². The molecule has 1 aliphatic heterocycles. The number of nitrogens with one attached hydrogen (secondary N) is 1. The monoisotopic (exact) mass is 436 g/mol. The molecule has 1 aromatic carbocycles. The number of aromatic nitrogens is 2. The number of aryl methyl sites for hydroxylation is 1. The number of ether oxygens (including phenoxy) is 2. The molecule has 0 unspecified atom stereocenters. The Balaban J connectivity index is 2.27. The van der Waals surface area contributed by atoms with E-state index in [1.54, 1.807) is 0 Å². The molecule has 0 bridgehead atoms. The van der Waals surface area contributed by atoms with Gasteiger partial charge in [0, 0.05) is 17.4 Å². The fourth-order valence-electron chi connectivity index (χ4n) is 3.78. The Morgan fingerprint density at radius 2 is 1.83 bits per heavy atom. The first kappa shape index (κ1) is 22.1. The van der Waals surface area contributed by atoms with Crippen LogP contribution in [-0.2, 0) is 4.74 Å². The van der Waals surface area contributed by atoms with Gasteiger partial charge in [-0.2, -0.15) is 22.0 Å². The molecule has 2 heterocycles. The van der Waals surface area contributed by atoms with Crippen molar-refractivity contribution in [3.8, 4) is 5.75 Å². The zero-order valence-corrected chi connectivity index (χ0v) is 16.3. The van der Waals surface area contributed by atoms with Gasteiger partial charge in [-0.25, -0.2) is 9.37 Å². The molecule has 30 heavy (non-hydrogen) atoms. The maximum atomic E-state index is 14.3. The van der Waals surface area contributed by atoms with Gasteiger partial charge in [-0.05, 0) is 19.9 Å². The summed E-state index contributed by atoms with van der Waals surface area (Å²) in [7, 11) is 1.04. The fraction of sp³-hybridized carbons (Fsp3) is 0.474. The van der Waals surface area contributed by atoms with E-state index in [0.717, 1.165) is 26.2 Å². The van der Waals surface area contributed by atoms with Gasteiger partial charge in [-0.1, -0.05) is 13.0 Å². The summed E-state index contributed by atoms with van der Waals surface area (Å²) in [5.41, 5.74) is -4.36. The SMILES string of the molecule is COc1c([C@H]2[C@H](c3nc(C)c(F)c(=O)[nH]3)O[C@@](C)(C(F)(F)F)[C@H]2C)ccc(F)c1F. The lowest BCUT2D eigenvalue weighted by Crippen LogP contribution is -2.46. The van der Waals surface area contributed by atoms with Crippen molar-refractivity contribution in [2.75, 3.05) is 7.11 Å². The summed E-state index contributed by atoms with van der Waals surface area (Å²) in [6.07, 6.45) is -6.39. The minimum atomic E-state index is -4.85. The smallest absolute Gasteiger partial charge is 0.417 e. The molecular formula is C19H18F6N2O3. The molecule has 1 saturated heterocycles. The number of halogens is 6. The van der Waals surface area contributed by atoms with Crippen molar-refractivity contribution in [1.82, 2.24) is 9.97 Å². The molecule has 5 nitrogen and oxygen atoms in total. The predicted molar refractivity (Wildman–Crippen MR) is 92.7 cm³/mol. The molecule has 2 aromatic rings. The molecule has 0 saturated carbocycles. The fourth-order valence-corrected chi connectivity index (χ4v) is 3.78. The van der Waals surface area contributed by atoms with E-state index in [1.165, 1.54) is 13.8 Å². The Morgan fingerprint density at radius 3 is 2.37 bits per heavy atom. The first-order valence-corrected chi connectivity index (χ1v) is 8.86. The van der Waals surface area contributed by atoms with Gasteiger partial charge >= 0.3 is 6.18 Å². The van der Waals surface area contributed by atoms with Crippen LogP contribution in [0.3, 0.4) is 0 Å². The molecule has 3 rings (SSSR count). The second kappa shape index (κ2) is 7.29. The Kier molecular flexibility index (Phi) is 5.38. The number of nitrogens with zero attached hydrogens (tertiary/aromatic N) is 1. The maximum absolute atomic E-state index is 14.3. The quantitative estimate of drug-likeness (QED) is 0.729. The molecule has 0 amide bonds. The second-order valence-corrected chi connectivity index (χ2v) is 7.29. The lowest BCUT2D eigenvalue weighted by molar-refractivity contribution is -0.275. The zero-order chi connectivity index (χ0) is 22.6. The molecule has 1 fully saturated rings. The highest BCUT2D eigenvalue weighted by Crippen LogP contribution is 2.59. The van der Waals surface area contributed by atoms with Crippen molar-refractivity contribution in [1.29, 1.82) is 0 Å². The van der Waals surface area contributed by atoms with Gasteiger partial charge in [0.2, 0.25) is 11.6 Å². The number of benzene rings is 1. The van der Waals surface area contributed by atoms with Crippen LogP contribution in [0.5, 0.6) is 5.75 Å². The minimum absolute atomic E-state index is 0.105. The molecule has 1 aromatic heterocycles. The first-order valence-electron chi connectivity index (χ1n) is 8.86. The summed E-state index contributed by atoms with van der Waals surface area (Å²) in [6, 6.07) is 1.84. The summed E-state index contributed by atoms with van der Waals surface area (Å²) in [6.45, 7) is 3.21. The average molecular weight is 436 g/mol. The molecule has 0 radical (unpaired) electrons. The average Bonchev–Trinajstić information content (AvgIpc) is 2.94. The third kappa shape index (κ3) is 3.24. The number of aromatic amines is 1. The van der Waals surface area contributed by atoms with Crippen LogP contribution in [0.2, 0.25) is 0 Å². The van der Waals surface area contributed by atoms with E-state index >= 15 is 0 Å². The maximum Gasteiger partial charge on any atom is 0.417 e. The van der Waals surface area contributed by atoms with E-state index < -0.39 is 58.5 Å². The summed E-state index contributed by atoms with van der Waals surface area (Å²) in [5.74, 6) is -7.36. The molecule has 0 aliphatic carbocycles. The van der Waals surface area contributed by atoms with Gasteiger partial charge in [0.05, 0.1) is 12.8 Å². The molecule has 1 N–H and O–H groups in total. The highest BCUT2D eigenvalue weighted by atomic mass is 19.4. The lowest BCUT2D eigenvalue weighted by Gasteiger charge is -2.32. The van der Waals surface area contributed by atoms with Crippen LogP contribution in [-0.4, -0.2) is 28.9 Å². The number of H-pyrrole nitrogens is 1. The number of hydrogen-bond acceptors (Lipinski definition) is 4. The summed E-state index contributed by atoms with van der Waals surface area (Å²) >= 11 is 0. The first-order chi connectivity index (χ1) is 13.8. The Morgan fingerprint density at radius 1 is 1.20 bits per heavy atom. The van der Waals surface area contributed by atoms with Crippen LogP contribution >= 0.6 is 0 Å². The number of methoxy groups -OCH3 is 1. The van der Waals surface area contributed by atoms with Crippen LogP contribution in [0, 0.1) is 30.3 Å². The van der Waals surface area contributed by atoms with Crippen LogP contribution < -0.4 is 10.3 Å². The van der Waals surface area contributed by atoms with E-state index in [1.807, 2.05) is 0 Å². The molecule has 0 spiro atoms. The van der Waals surface area contributed by atoms with Gasteiger partial charge < -0.3 is 14.5 Å². The van der Waals surface area contributed by atoms with E-state index in [9.17, 15) is 31.1 Å². The van der Waals surface area contributed by atoms with E-state index in [0.29, 0.717) is 0 Å². The number of hydrogen-bond donors (Lipinski definition) is 1. The normalized spacial score (nSPS) is 26.8. The Bertz CT molecular complexity index is 1040. The van der Waals surface area contributed by atoms with Crippen LogP contribution in [0.15, 0.2) is 16.9 Å². The van der Waals surface area contributed by atoms with E-state index in [4.69, 9.17) is 9.47 Å². The highest BCUT2D eigenvalue weighted by Gasteiger charge is 2.65. The van der Waals surface area contributed by atoms with Crippen molar-refractivity contribution < 1.29 is 35.8 Å². The summed E-state index contributed by atoms with van der Waals surface area (Å²) in [4.78, 5) is 17.8. The summed E-state index contributed by atoms with van der Waals surface area (Å²) in [5, 5.41) is 0. The highest BCUT2D eigenvalue weighted by molar-refractivity contribution is 5.41. The lowest BCUT2D eigenvalue weighted by atomic mass is 9.77. The molecule has 4 atom stereocenters. The van der Waals surface area contributed by atoms with E-state index in [-0.39, 0.29) is 17.1 Å². The minimum Gasteiger partial charge on any atom is -0.493 e. The third-order valence-electron chi connectivity index (χ3n) is 5.63. The Hall–Kier alpha value is -2.56. The zero-order valence-electron chi connectivity index (χ0n) is 16.3. The second-order valence-electron chi connectivity index (χ2n) is 7.29. The van der Waals surface area contributed by atoms with Gasteiger partial charge in [0.25, 0.3) is 5.56 Å². The standard InChI is InChI=1S/C19H18F6N2O3/c1-7-11(9-5-6-10(20)13(22)14(9)29-4)15(30-18(7,3)19(23,24)25)16-26-8(2)12(21)17(28)27-16/h5-7,11,15H,1-4H3,(H,26,27,28)/t7-,11-,15+,18+/m0/s1. The number of rotatable bonds is 3. The Labute approximate surface area is 167 Å². The van der Waals surface area contributed by atoms with Gasteiger partial charge in [-0.15, -0.1) is 0 Å². The molecule has 164 valence electrons. The topological polar surface area (TPSA) is 64.2 Å². The van der Waals surface area contributed by atoms with Crippen molar-refractivity contribution in [2.24, 2.45) is 5.92 Å². The third-order valence-corrected chi connectivity index (χ3v) is 5.63. The van der Waals surface area contributed by atoms with Gasteiger partial charge in [0.1, 0.15) is 11.9 Å². The number of alkyl halides is 3. The van der Waals surface area contributed by atoms with Gasteiger partial charge in [-0.3, -0.25) is 4.79 Å².